The van der Waals surface area contributed by atoms with Crippen LogP contribution < -0.4 is 15.4 Å². The highest BCUT2D eigenvalue weighted by molar-refractivity contribution is 5.74. The van der Waals surface area contributed by atoms with E-state index in [9.17, 15) is 9.90 Å². The fraction of sp³-hybridized carbons (Fsp3) is 0.562. The fourth-order valence-electron chi connectivity index (χ4n) is 2.44. The van der Waals surface area contributed by atoms with Crippen molar-refractivity contribution in [1.29, 1.82) is 0 Å². The van der Waals surface area contributed by atoms with Crippen molar-refractivity contribution < 1.29 is 14.6 Å². The lowest BCUT2D eigenvalue weighted by atomic mass is 10.0. The molecule has 2 atom stereocenters. The maximum Gasteiger partial charge on any atom is 0.315 e. The maximum absolute atomic E-state index is 12.0. The number of urea groups is 1. The van der Waals surface area contributed by atoms with Gasteiger partial charge in [-0.05, 0) is 31.7 Å². The Morgan fingerprint density at radius 2 is 2.29 bits per heavy atom. The van der Waals surface area contributed by atoms with Crippen molar-refractivity contribution in [3.63, 3.8) is 0 Å². The molecule has 0 spiro atoms. The van der Waals surface area contributed by atoms with Crippen molar-refractivity contribution in [2.75, 3.05) is 13.2 Å². The first-order chi connectivity index (χ1) is 10.2. The Morgan fingerprint density at radius 1 is 1.48 bits per heavy atom. The number of benzene rings is 1. The van der Waals surface area contributed by atoms with Crippen LogP contribution in [0.1, 0.15) is 44.2 Å². The van der Waals surface area contributed by atoms with Gasteiger partial charge in [-0.2, -0.15) is 0 Å². The van der Waals surface area contributed by atoms with E-state index in [2.05, 4.69) is 10.6 Å². The van der Waals surface area contributed by atoms with Gasteiger partial charge in [-0.3, -0.25) is 0 Å². The summed E-state index contributed by atoms with van der Waals surface area (Å²) >= 11 is 0. The van der Waals surface area contributed by atoms with Crippen molar-refractivity contribution in [1.82, 2.24) is 10.6 Å². The maximum atomic E-state index is 12.0. The highest BCUT2D eigenvalue weighted by Crippen LogP contribution is 2.30. The molecule has 2 rings (SSSR count). The zero-order valence-electron chi connectivity index (χ0n) is 12.5. The Bertz CT molecular complexity index is 465. The second-order valence-corrected chi connectivity index (χ2v) is 5.33. The Kier molecular flexibility index (Phi) is 5.87. The molecule has 0 bridgehead atoms. The van der Waals surface area contributed by atoms with Crippen LogP contribution in [0.25, 0.3) is 0 Å². The van der Waals surface area contributed by atoms with Gasteiger partial charge in [0.15, 0.2) is 0 Å². The molecule has 5 nitrogen and oxygen atoms in total. The zero-order valence-corrected chi connectivity index (χ0v) is 12.5. The van der Waals surface area contributed by atoms with E-state index in [0.29, 0.717) is 26.0 Å². The van der Waals surface area contributed by atoms with Gasteiger partial charge in [0.05, 0.1) is 18.8 Å². The average molecular weight is 292 g/mol. The van der Waals surface area contributed by atoms with Crippen LogP contribution >= 0.6 is 0 Å². The van der Waals surface area contributed by atoms with E-state index in [1.54, 1.807) is 0 Å². The Labute approximate surface area is 125 Å². The Hall–Kier alpha value is -1.75. The number of hydrogen-bond donors (Lipinski definition) is 3. The molecule has 0 aromatic heterocycles. The quantitative estimate of drug-likeness (QED) is 0.780. The van der Waals surface area contributed by atoms with E-state index in [1.165, 1.54) is 0 Å². The van der Waals surface area contributed by atoms with Gasteiger partial charge in [-0.1, -0.05) is 25.1 Å². The van der Waals surface area contributed by atoms with Gasteiger partial charge in [-0.15, -0.1) is 0 Å². The molecule has 0 aliphatic carbocycles. The molecule has 2 unspecified atom stereocenters. The Balaban J connectivity index is 1.88. The van der Waals surface area contributed by atoms with Crippen LogP contribution in [0.3, 0.4) is 0 Å². The van der Waals surface area contributed by atoms with E-state index >= 15 is 0 Å². The van der Waals surface area contributed by atoms with Crippen LogP contribution in [0.5, 0.6) is 5.75 Å². The number of para-hydroxylation sites is 1. The molecule has 5 heteroatoms. The summed E-state index contributed by atoms with van der Waals surface area (Å²) in [6.45, 7) is 3.08. The normalized spacial score (nSPS) is 18.9. The van der Waals surface area contributed by atoms with E-state index < -0.39 is 0 Å². The molecule has 0 fully saturated rings. The van der Waals surface area contributed by atoms with Crippen molar-refractivity contribution in [2.24, 2.45) is 0 Å². The molecule has 21 heavy (non-hydrogen) atoms. The van der Waals surface area contributed by atoms with Crippen LogP contribution in [0.15, 0.2) is 24.3 Å². The van der Waals surface area contributed by atoms with E-state index in [4.69, 9.17) is 4.74 Å². The standard InChI is InChI=1S/C16H24N2O3/c1-2-12(19)9-10-17-16(20)18-14-7-5-11-21-15-8-4-3-6-13(14)15/h3-4,6,8,12,14,19H,2,5,7,9-11H2,1H3,(H2,17,18,20). The first-order valence-corrected chi connectivity index (χ1v) is 7.65. The minimum Gasteiger partial charge on any atom is -0.493 e. The number of aliphatic hydroxyl groups is 1. The lowest BCUT2D eigenvalue weighted by Crippen LogP contribution is -2.39. The highest BCUT2D eigenvalue weighted by Gasteiger charge is 2.20. The first-order valence-electron chi connectivity index (χ1n) is 7.65. The van der Waals surface area contributed by atoms with Gasteiger partial charge < -0.3 is 20.5 Å². The summed E-state index contributed by atoms with van der Waals surface area (Å²) in [7, 11) is 0. The van der Waals surface area contributed by atoms with Gasteiger partial charge in [0.25, 0.3) is 0 Å². The minimum absolute atomic E-state index is 0.0280. The predicted molar refractivity (Wildman–Crippen MR) is 81.4 cm³/mol. The molecule has 116 valence electrons. The van der Waals surface area contributed by atoms with Gasteiger partial charge in [-0.25, -0.2) is 4.79 Å². The lowest BCUT2D eigenvalue weighted by Gasteiger charge is -2.19. The largest absolute Gasteiger partial charge is 0.493 e. The van der Waals surface area contributed by atoms with Gasteiger partial charge >= 0.3 is 6.03 Å². The fourth-order valence-corrected chi connectivity index (χ4v) is 2.44. The zero-order chi connectivity index (χ0) is 15.1. The number of fused-ring (bicyclic) bond motifs is 1. The molecule has 1 aliphatic rings. The number of rotatable bonds is 5. The number of carbonyl (C=O) groups is 1. The molecule has 1 aromatic rings. The summed E-state index contributed by atoms with van der Waals surface area (Å²) in [6, 6.07) is 7.60. The number of hydrogen-bond acceptors (Lipinski definition) is 3. The molecular formula is C16H24N2O3. The van der Waals surface area contributed by atoms with Crippen molar-refractivity contribution in [3.05, 3.63) is 29.8 Å². The third-order valence-corrected chi connectivity index (χ3v) is 3.73. The molecule has 3 N–H and O–H groups in total. The van der Waals surface area contributed by atoms with E-state index in [1.807, 2.05) is 31.2 Å². The molecule has 0 saturated heterocycles. The van der Waals surface area contributed by atoms with Crippen LogP contribution in [-0.4, -0.2) is 30.4 Å². The van der Waals surface area contributed by atoms with E-state index in [0.717, 1.165) is 24.2 Å². The summed E-state index contributed by atoms with van der Waals surface area (Å²) in [5, 5.41) is 15.3. The second-order valence-electron chi connectivity index (χ2n) is 5.33. The summed E-state index contributed by atoms with van der Waals surface area (Å²) < 4.78 is 5.68. The molecular weight excluding hydrogens is 268 g/mol. The van der Waals surface area contributed by atoms with E-state index in [-0.39, 0.29) is 18.2 Å². The second kappa shape index (κ2) is 7.88. The molecule has 2 amide bonds. The third kappa shape index (κ3) is 4.63. The lowest BCUT2D eigenvalue weighted by molar-refractivity contribution is 0.160. The average Bonchev–Trinajstić information content (AvgIpc) is 2.70. The van der Waals surface area contributed by atoms with Gasteiger partial charge in [0.2, 0.25) is 0 Å². The molecule has 1 aliphatic heterocycles. The number of carbonyl (C=O) groups excluding carboxylic acids is 1. The third-order valence-electron chi connectivity index (χ3n) is 3.73. The topological polar surface area (TPSA) is 70.6 Å². The number of ether oxygens (including phenoxy) is 1. The monoisotopic (exact) mass is 292 g/mol. The van der Waals surface area contributed by atoms with Crippen LogP contribution in [0.2, 0.25) is 0 Å². The van der Waals surface area contributed by atoms with Crippen LogP contribution in [0, 0.1) is 0 Å². The number of amides is 2. The van der Waals surface area contributed by atoms with Crippen LogP contribution in [-0.2, 0) is 0 Å². The Morgan fingerprint density at radius 3 is 3.10 bits per heavy atom. The number of aliphatic hydroxyl groups excluding tert-OH is 1. The van der Waals surface area contributed by atoms with Crippen molar-refractivity contribution >= 4 is 6.03 Å². The smallest absolute Gasteiger partial charge is 0.315 e. The molecule has 0 radical (unpaired) electrons. The van der Waals surface area contributed by atoms with Crippen molar-refractivity contribution in [2.45, 2.75) is 44.8 Å². The SMILES string of the molecule is CCC(O)CCNC(=O)NC1CCCOc2ccccc21. The minimum atomic E-state index is -0.350. The van der Waals surface area contributed by atoms with Crippen LogP contribution in [0.4, 0.5) is 4.79 Å². The first kappa shape index (κ1) is 15.6. The predicted octanol–water partition coefficient (Wildman–Crippen LogP) is 2.36. The summed E-state index contributed by atoms with van der Waals surface area (Å²) in [4.78, 5) is 12.0. The molecule has 0 saturated carbocycles. The number of nitrogens with one attached hydrogen (secondary N) is 2. The summed E-state index contributed by atoms with van der Waals surface area (Å²) in [5.41, 5.74) is 1.03. The molecule has 1 aromatic carbocycles. The molecule has 1 heterocycles. The highest BCUT2D eigenvalue weighted by atomic mass is 16.5. The summed E-state index contributed by atoms with van der Waals surface area (Å²) in [6.07, 6.45) is 2.71. The van der Waals surface area contributed by atoms with Crippen molar-refractivity contribution in [3.8, 4) is 5.75 Å². The van der Waals surface area contributed by atoms with Gasteiger partial charge in [0.1, 0.15) is 5.75 Å². The van der Waals surface area contributed by atoms with Gasteiger partial charge in [0, 0.05) is 12.1 Å². The summed E-state index contributed by atoms with van der Waals surface area (Å²) in [5.74, 6) is 0.849.